The second-order valence-electron chi connectivity index (χ2n) is 19.3. The number of amides is 2. The van der Waals surface area contributed by atoms with E-state index in [1.807, 2.05) is 0 Å². The summed E-state index contributed by atoms with van der Waals surface area (Å²) in [5.41, 5.74) is -0.222. The molecule has 4 heterocycles. The van der Waals surface area contributed by atoms with E-state index in [9.17, 15) is 85.6 Å². The lowest BCUT2D eigenvalue weighted by Crippen LogP contribution is -2.71. The molecular formula is C48H76N2O28. The third kappa shape index (κ3) is 15.4. The van der Waals surface area contributed by atoms with Crippen LogP contribution in [0.25, 0.3) is 0 Å². The van der Waals surface area contributed by atoms with Crippen LogP contribution in [0.4, 0.5) is 0 Å². The molecule has 0 spiro atoms. The SMILES string of the molecule is COC(=O)CCCCCCCCO[C@@H]1OC(CO)[C@@H](OC2OC(C)[C@@H](O)C(O)C2O)C(OC2OC(CO)[C@H](O)C(O[C@]3(C(=O)O)CC(O)[C@@H](NC(C)=O)C(C(O)C(O)CO)O3)C2O)C1NC(=O)c1cc(OC)c(O)c(OC)c1. The summed E-state index contributed by atoms with van der Waals surface area (Å²) in [6.07, 6.45) is -32.1. The van der Waals surface area contributed by atoms with Gasteiger partial charge in [0.15, 0.2) is 30.4 Å². The zero-order valence-electron chi connectivity index (χ0n) is 43.6. The standard InChI is InChI=1S/C48H76N2O28/c1-20-32(58)36(62)37(63)45(72-20)75-39-28(19-53)74-44(71-13-11-9-7-6-8-10-12-29(57)70-5)31(50-43(65)22-14-25(68-3)34(60)26(15-22)69-4)41(39)76-46-38(64)42(35(61)27(18-52)73-46)78-48(47(66)67)16-23(55)30(49-21(2)54)40(77-48)33(59)24(56)17-51/h14-15,20,23-24,27-28,30-33,35-42,44-46,51-53,55-56,58-64H,6-13,16-19H2,1-5H3,(H,49,54)(H,50,65)(H,66,67)/t20?,23?,24?,27?,28?,30-,31?,32-,33?,35+,36?,37?,38?,39-,40?,41?,42?,44-,45?,46?,48+/m1/s1. The molecule has 30 heteroatoms. The number of methoxy groups -OCH3 is 3. The van der Waals surface area contributed by atoms with Gasteiger partial charge in [-0.15, -0.1) is 0 Å². The minimum absolute atomic E-state index is 0.0866. The molecule has 30 nitrogen and oxygen atoms in total. The number of aromatic hydroxyl groups is 1. The Balaban J connectivity index is 1.58. The van der Waals surface area contributed by atoms with Crippen molar-refractivity contribution < 1.29 is 138 Å². The van der Waals surface area contributed by atoms with Gasteiger partial charge in [0, 0.05) is 31.9 Å². The number of unbranched alkanes of at least 4 members (excludes halogenated alkanes) is 5. The van der Waals surface area contributed by atoms with Crippen LogP contribution in [0.2, 0.25) is 0 Å². The van der Waals surface area contributed by atoms with E-state index in [2.05, 4.69) is 15.4 Å². The monoisotopic (exact) mass is 1130 g/mol. The highest BCUT2D eigenvalue weighted by atomic mass is 16.8. The number of hydrogen-bond acceptors (Lipinski definition) is 27. The number of phenols is 1. The number of esters is 1. The fourth-order valence-corrected chi connectivity index (χ4v) is 9.52. The number of aliphatic hydroxyl groups excluding tert-OH is 11. The van der Waals surface area contributed by atoms with Gasteiger partial charge in [-0.1, -0.05) is 25.7 Å². The van der Waals surface area contributed by atoms with E-state index in [-0.39, 0.29) is 36.1 Å². The number of aliphatic hydroxyl groups is 11. The van der Waals surface area contributed by atoms with E-state index < -0.39 is 178 Å². The molecule has 446 valence electrons. The average Bonchev–Trinajstić information content (AvgIpc) is 3.50. The molecule has 1 aromatic carbocycles. The van der Waals surface area contributed by atoms with Gasteiger partial charge in [-0.3, -0.25) is 14.4 Å². The van der Waals surface area contributed by atoms with Gasteiger partial charge >= 0.3 is 11.9 Å². The fraction of sp³-hybridized carbons (Fsp3) is 0.792. The molecule has 4 saturated heterocycles. The van der Waals surface area contributed by atoms with E-state index in [1.54, 1.807) is 0 Å². The van der Waals surface area contributed by atoms with Crippen LogP contribution in [0.15, 0.2) is 12.1 Å². The number of phenolic OH excluding ortho intramolecular Hbond substituents is 1. The van der Waals surface area contributed by atoms with Crippen molar-refractivity contribution in [3.63, 3.8) is 0 Å². The maximum atomic E-state index is 14.5. The Kier molecular flexibility index (Phi) is 24.4. The van der Waals surface area contributed by atoms with Crippen LogP contribution in [-0.2, 0) is 57.0 Å². The molecule has 15 unspecified atom stereocenters. The Morgan fingerprint density at radius 2 is 1.31 bits per heavy atom. The number of rotatable bonds is 27. The highest BCUT2D eigenvalue weighted by Gasteiger charge is 2.61. The van der Waals surface area contributed by atoms with Gasteiger partial charge in [0.2, 0.25) is 11.7 Å². The van der Waals surface area contributed by atoms with E-state index in [4.69, 9.17) is 47.4 Å². The summed E-state index contributed by atoms with van der Waals surface area (Å²) >= 11 is 0. The summed E-state index contributed by atoms with van der Waals surface area (Å²) in [7, 11) is 3.70. The van der Waals surface area contributed by atoms with Gasteiger partial charge in [0.1, 0.15) is 85.4 Å². The molecular weight excluding hydrogens is 1050 g/mol. The lowest BCUT2D eigenvalue weighted by atomic mass is 9.88. The number of nitrogens with one attached hydrogen (secondary N) is 2. The highest BCUT2D eigenvalue weighted by molar-refractivity contribution is 5.96. The van der Waals surface area contributed by atoms with Crippen LogP contribution in [0.1, 0.15) is 75.6 Å². The summed E-state index contributed by atoms with van der Waals surface area (Å²) in [6, 6.07) is -1.10. The van der Waals surface area contributed by atoms with Crippen molar-refractivity contribution in [2.75, 3.05) is 47.8 Å². The van der Waals surface area contributed by atoms with Crippen molar-refractivity contribution in [1.82, 2.24) is 10.6 Å². The normalized spacial score (nSPS) is 35.9. The van der Waals surface area contributed by atoms with Crippen molar-refractivity contribution in [2.45, 2.75) is 194 Å². The first-order valence-electron chi connectivity index (χ1n) is 25.4. The second kappa shape index (κ2) is 29.5. The lowest BCUT2D eigenvalue weighted by molar-refractivity contribution is -0.390. The number of ether oxygens (including phenoxy) is 11. The van der Waals surface area contributed by atoms with Crippen molar-refractivity contribution >= 4 is 23.8 Å². The number of benzene rings is 1. The van der Waals surface area contributed by atoms with Crippen molar-refractivity contribution in [3.8, 4) is 17.2 Å². The van der Waals surface area contributed by atoms with Crippen LogP contribution in [0.3, 0.4) is 0 Å². The lowest BCUT2D eigenvalue weighted by Gasteiger charge is -2.52. The van der Waals surface area contributed by atoms with Crippen LogP contribution in [0.5, 0.6) is 17.2 Å². The average molecular weight is 1130 g/mol. The third-order valence-corrected chi connectivity index (χ3v) is 13.9. The van der Waals surface area contributed by atoms with E-state index in [1.165, 1.54) is 28.3 Å². The molecule has 0 radical (unpaired) electrons. The fourth-order valence-electron chi connectivity index (χ4n) is 9.52. The molecule has 0 saturated carbocycles. The highest BCUT2D eigenvalue weighted by Crippen LogP contribution is 2.41. The number of hydrogen-bond donors (Lipinski definition) is 15. The first kappa shape index (κ1) is 64.6. The maximum Gasteiger partial charge on any atom is 0.364 e. The zero-order chi connectivity index (χ0) is 57.8. The molecule has 0 aliphatic carbocycles. The molecule has 4 fully saturated rings. The number of carbonyl (C=O) groups is 4. The van der Waals surface area contributed by atoms with Gasteiger partial charge in [-0.25, -0.2) is 4.79 Å². The van der Waals surface area contributed by atoms with Crippen molar-refractivity contribution in [1.29, 1.82) is 0 Å². The van der Waals surface area contributed by atoms with Crippen LogP contribution < -0.4 is 20.1 Å². The Hall–Kier alpha value is -4.26. The van der Waals surface area contributed by atoms with E-state index in [0.717, 1.165) is 31.9 Å². The maximum absolute atomic E-state index is 14.5. The largest absolute Gasteiger partial charge is 0.502 e. The first-order chi connectivity index (χ1) is 37.0. The molecule has 2 amide bonds. The number of aliphatic carboxylic acids is 1. The Labute approximate surface area is 447 Å². The third-order valence-electron chi connectivity index (χ3n) is 13.9. The summed E-state index contributed by atoms with van der Waals surface area (Å²) < 4.78 is 63.6. The Bertz CT molecular complexity index is 2070. The van der Waals surface area contributed by atoms with Crippen LogP contribution in [-0.4, -0.2) is 266 Å². The van der Waals surface area contributed by atoms with Crippen LogP contribution >= 0.6 is 0 Å². The van der Waals surface area contributed by atoms with E-state index >= 15 is 0 Å². The molecule has 0 bridgehead atoms. The topological polar surface area (TPSA) is 457 Å². The van der Waals surface area contributed by atoms with Gasteiger partial charge in [0.25, 0.3) is 11.7 Å². The zero-order valence-corrected chi connectivity index (χ0v) is 43.6. The molecule has 4 aliphatic rings. The molecule has 78 heavy (non-hydrogen) atoms. The molecule has 1 aromatic rings. The number of carboxylic acids is 1. The van der Waals surface area contributed by atoms with Gasteiger partial charge in [-0.2, -0.15) is 0 Å². The van der Waals surface area contributed by atoms with Crippen LogP contribution in [0, 0.1) is 0 Å². The summed E-state index contributed by atoms with van der Waals surface area (Å²) in [4.78, 5) is 51.5. The summed E-state index contributed by atoms with van der Waals surface area (Å²) in [5, 5.41) is 147. The smallest absolute Gasteiger partial charge is 0.364 e. The molecule has 5 rings (SSSR count). The van der Waals surface area contributed by atoms with Gasteiger partial charge in [-0.05, 0) is 31.9 Å². The quantitative estimate of drug-likeness (QED) is 0.0289. The molecule has 15 N–H and O–H groups in total. The second-order valence-corrected chi connectivity index (χ2v) is 19.3. The molecule has 21 atom stereocenters. The predicted molar refractivity (Wildman–Crippen MR) is 256 cm³/mol. The number of carbonyl (C=O) groups excluding carboxylic acids is 3. The minimum atomic E-state index is -3.20. The van der Waals surface area contributed by atoms with Crippen molar-refractivity contribution in [2.24, 2.45) is 0 Å². The molecule has 0 aromatic heterocycles. The summed E-state index contributed by atoms with van der Waals surface area (Å²) in [5.74, 6) is -8.28. The van der Waals surface area contributed by atoms with Gasteiger partial charge in [0.05, 0.1) is 59.4 Å². The number of carboxylic acid groups (broad SMARTS) is 1. The van der Waals surface area contributed by atoms with E-state index in [0.29, 0.717) is 25.7 Å². The summed E-state index contributed by atoms with van der Waals surface area (Å²) in [6.45, 7) is -0.920. The predicted octanol–water partition coefficient (Wildman–Crippen LogP) is -5.28. The van der Waals surface area contributed by atoms with Gasteiger partial charge < -0.3 is 129 Å². The molecule has 4 aliphatic heterocycles. The van der Waals surface area contributed by atoms with Crippen molar-refractivity contribution in [3.05, 3.63) is 17.7 Å². The Morgan fingerprint density at radius 1 is 0.718 bits per heavy atom. The Morgan fingerprint density at radius 3 is 1.88 bits per heavy atom. The first-order valence-corrected chi connectivity index (χ1v) is 25.4. The minimum Gasteiger partial charge on any atom is -0.502 e.